The third-order valence-corrected chi connectivity index (χ3v) is 4.99. The third-order valence-electron chi connectivity index (χ3n) is 4.26. The van der Waals surface area contributed by atoms with E-state index in [4.69, 9.17) is 27.9 Å². The van der Waals surface area contributed by atoms with E-state index >= 15 is 0 Å². The number of nitrogens with one attached hydrogen (secondary N) is 1. The maximum absolute atomic E-state index is 12.4. The van der Waals surface area contributed by atoms with E-state index in [9.17, 15) is 9.59 Å². The van der Waals surface area contributed by atoms with Crippen molar-refractivity contribution in [2.45, 2.75) is 6.04 Å². The van der Waals surface area contributed by atoms with Crippen LogP contribution < -0.4 is 5.32 Å². The molecule has 2 aromatic carbocycles. The van der Waals surface area contributed by atoms with Gasteiger partial charge >= 0.3 is 5.97 Å². The van der Waals surface area contributed by atoms with Gasteiger partial charge in [0.15, 0.2) is 6.61 Å². The number of rotatable bonds is 7. The van der Waals surface area contributed by atoms with E-state index in [2.05, 4.69) is 10.3 Å². The monoisotopic (exact) mass is 443 g/mol. The number of benzene rings is 2. The summed E-state index contributed by atoms with van der Waals surface area (Å²) in [6, 6.07) is 13.9. The van der Waals surface area contributed by atoms with E-state index in [1.807, 2.05) is 41.9 Å². The highest BCUT2D eigenvalue weighted by Crippen LogP contribution is 2.23. The number of halogens is 2. The SMILES string of the molecule is Cn1ccnc1C(NC(=O)COC(=O)/C=C/c1ccc(Cl)c(Cl)c1)c1ccccc1. The second kappa shape index (κ2) is 10.1. The van der Waals surface area contributed by atoms with Crippen LogP contribution in [0, 0.1) is 0 Å². The number of carbonyl (C=O) groups is 2. The van der Waals surface area contributed by atoms with Crippen molar-refractivity contribution < 1.29 is 14.3 Å². The zero-order chi connectivity index (χ0) is 21.5. The number of amides is 1. The molecule has 1 amide bonds. The van der Waals surface area contributed by atoms with Gasteiger partial charge in [-0.2, -0.15) is 0 Å². The lowest BCUT2D eigenvalue weighted by Gasteiger charge is -2.19. The Bertz CT molecular complexity index is 1060. The van der Waals surface area contributed by atoms with Crippen molar-refractivity contribution in [2.24, 2.45) is 7.05 Å². The van der Waals surface area contributed by atoms with Gasteiger partial charge in [0.05, 0.1) is 10.0 Å². The Labute approximate surface area is 184 Å². The van der Waals surface area contributed by atoms with Crippen molar-refractivity contribution in [1.29, 1.82) is 0 Å². The Balaban J connectivity index is 1.60. The fourth-order valence-corrected chi connectivity index (χ4v) is 3.07. The fraction of sp³-hybridized carbons (Fsp3) is 0.136. The molecule has 1 heterocycles. The van der Waals surface area contributed by atoms with Crippen LogP contribution in [0.3, 0.4) is 0 Å². The molecule has 6 nitrogen and oxygen atoms in total. The first-order valence-corrected chi connectivity index (χ1v) is 9.81. The first-order chi connectivity index (χ1) is 14.4. The number of carbonyl (C=O) groups excluding carboxylic acids is 2. The number of aromatic nitrogens is 2. The van der Waals surface area contributed by atoms with E-state index in [0.29, 0.717) is 21.4 Å². The van der Waals surface area contributed by atoms with Gasteiger partial charge in [-0.1, -0.05) is 59.6 Å². The summed E-state index contributed by atoms with van der Waals surface area (Å²) in [5.41, 5.74) is 1.55. The van der Waals surface area contributed by atoms with E-state index in [1.54, 1.807) is 30.6 Å². The third kappa shape index (κ3) is 5.72. The molecule has 0 aliphatic carbocycles. The van der Waals surface area contributed by atoms with Gasteiger partial charge in [-0.05, 0) is 29.3 Å². The van der Waals surface area contributed by atoms with Gasteiger partial charge in [0.2, 0.25) is 0 Å². The number of aryl methyl sites for hydroxylation is 1. The summed E-state index contributed by atoms with van der Waals surface area (Å²) in [4.78, 5) is 28.7. The Morgan fingerprint density at radius 1 is 1.17 bits per heavy atom. The first-order valence-electron chi connectivity index (χ1n) is 9.05. The van der Waals surface area contributed by atoms with Gasteiger partial charge < -0.3 is 14.6 Å². The van der Waals surface area contributed by atoms with Crippen molar-refractivity contribution >= 4 is 41.2 Å². The lowest BCUT2D eigenvalue weighted by molar-refractivity contribution is -0.143. The highest BCUT2D eigenvalue weighted by molar-refractivity contribution is 6.42. The molecule has 0 saturated carbocycles. The molecule has 30 heavy (non-hydrogen) atoms. The van der Waals surface area contributed by atoms with Crippen molar-refractivity contribution in [3.05, 3.63) is 94.0 Å². The average molecular weight is 444 g/mol. The summed E-state index contributed by atoms with van der Waals surface area (Å²) in [6.07, 6.45) is 6.21. The molecular formula is C22H19Cl2N3O3. The largest absolute Gasteiger partial charge is 0.452 e. The molecule has 0 saturated heterocycles. The lowest BCUT2D eigenvalue weighted by atomic mass is 10.1. The standard InChI is InChI=1S/C22H19Cl2N3O3/c1-27-12-11-25-22(27)21(16-5-3-2-4-6-16)26-19(28)14-30-20(29)10-8-15-7-9-17(23)18(24)13-15/h2-13,21H,14H2,1H3,(H,26,28)/b10-8+. The van der Waals surface area contributed by atoms with Crippen LogP contribution in [0.2, 0.25) is 10.0 Å². The zero-order valence-electron chi connectivity index (χ0n) is 16.1. The first kappa shape index (κ1) is 21.6. The number of nitrogens with zero attached hydrogens (tertiary/aromatic N) is 2. The van der Waals surface area contributed by atoms with Gasteiger partial charge in [0.25, 0.3) is 5.91 Å². The van der Waals surface area contributed by atoms with Crippen LogP contribution in [0.25, 0.3) is 6.08 Å². The van der Waals surface area contributed by atoms with Gasteiger partial charge in [-0.3, -0.25) is 4.79 Å². The predicted molar refractivity (Wildman–Crippen MR) is 116 cm³/mol. The summed E-state index contributed by atoms with van der Waals surface area (Å²) in [5.74, 6) is -0.423. The molecule has 1 aromatic heterocycles. The van der Waals surface area contributed by atoms with E-state index in [1.165, 1.54) is 12.2 Å². The minimum Gasteiger partial charge on any atom is -0.452 e. The molecule has 1 atom stereocenters. The molecule has 0 aliphatic rings. The van der Waals surface area contributed by atoms with E-state index in [-0.39, 0.29) is 0 Å². The van der Waals surface area contributed by atoms with Crippen LogP contribution in [0.15, 0.2) is 67.0 Å². The lowest BCUT2D eigenvalue weighted by Crippen LogP contribution is -2.34. The summed E-state index contributed by atoms with van der Waals surface area (Å²) in [5, 5.41) is 3.67. The molecule has 0 aliphatic heterocycles. The van der Waals surface area contributed by atoms with Crippen molar-refractivity contribution in [3.63, 3.8) is 0 Å². The van der Waals surface area contributed by atoms with E-state index in [0.717, 1.165) is 5.56 Å². The Morgan fingerprint density at radius 2 is 1.93 bits per heavy atom. The average Bonchev–Trinajstić information content (AvgIpc) is 3.17. The number of hydrogen-bond acceptors (Lipinski definition) is 4. The smallest absolute Gasteiger partial charge is 0.331 e. The molecule has 0 spiro atoms. The number of esters is 1. The summed E-state index contributed by atoms with van der Waals surface area (Å²) in [7, 11) is 1.85. The van der Waals surface area contributed by atoms with Crippen molar-refractivity contribution in [1.82, 2.24) is 14.9 Å². The highest BCUT2D eigenvalue weighted by Gasteiger charge is 2.21. The number of imidazole rings is 1. The summed E-state index contributed by atoms with van der Waals surface area (Å²) in [6.45, 7) is -0.418. The Morgan fingerprint density at radius 3 is 2.60 bits per heavy atom. The molecule has 1 N–H and O–H groups in total. The fourth-order valence-electron chi connectivity index (χ4n) is 2.77. The van der Waals surface area contributed by atoms with Crippen LogP contribution in [0.5, 0.6) is 0 Å². The zero-order valence-corrected chi connectivity index (χ0v) is 17.6. The predicted octanol–water partition coefficient (Wildman–Crippen LogP) is 4.19. The second-order valence-corrected chi connectivity index (χ2v) is 7.24. The number of ether oxygens (including phenoxy) is 1. The normalized spacial score (nSPS) is 12.0. The van der Waals surface area contributed by atoms with Crippen LogP contribution in [0.1, 0.15) is 23.0 Å². The molecule has 8 heteroatoms. The molecule has 0 radical (unpaired) electrons. The second-order valence-electron chi connectivity index (χ2n) is 6.42. The van der Waals surface area contributed by atoms with Crippen LogP contribution in [-0.4, -0.2) is 28.0 Å². The maximum atomic E-state index is 12.4. The summed E-state index contributed by atoms with van der Waals surface area (Å²) >= 11 is 11.8. The molecular weight excluding hydrogens is 425 g/mol. The van der Waals surface area contributed by atoms with Crippen LogP contribution in [-0.2, 0) is 21.4 Å². The minimum atomic E-state index is -0.649. The van der Waals surface area contributed by atoms with Gasteiger partial charge in [-0.25, -0.2) is 9.78 Å². The van der Waals surface area contributed by atoms with Gasteiger partial charge in [-0.15, -0.1) is 0 Å². The summed E-state index contributed by atoms with van der Waals surface area (Å²) < 4.78 is 6.86. The Hall–Kier alpha value is -3.09. The molecule has 1 unspecified atom stereocenters. The molecule has 0 bridgehead atoms. The topological polar surface area (TPSA) is 73.2 Å². The van der Waals surface area contributed by atoms with Crippen LogP contribution in [0.4, 0.5) is 0 Å². The maximum Gasteiger partial charge on any atom is 0.331 e. The van der Waals surface area contributed by atoms with Crippen molar-refractivity contribution in [2.75, 3.05) is 6.61 Å². The van der Waals surface area contributed by atoms with Crippen LogP contribution >= 0.6 is 23.2 Å². The molecule has 154 valence electrons. The molecule has 3 aromatic rings. The quantitative estimate of drug-likeness (QED) is 0.438. The number of hydrogen-bond donors (Lipinski definition) is 1. The van der Waals surface area contributed by atoms with Gasteiger partial charge in [0, 0.05) is 25.5 Å². The molecule has 0 fully saturated rings. The minimum absolute atomic E-state index is 0.382. The van der Waals surface area contributed by atoms with Crippen molar-refractivity contribution in [3.8, 4) is 0 Å². The highest BCUT2D eigenvalue weighted by atomic mass is 35.5. The Kier molecular flexibility index (Phi) is 7.27. The van der Waals surface area contributed by atoms with Gasteiger partial charge in [0.1, 0.15) is 11.9 Å². The molecule has 3 rings (SSSR count). The van der Waals surface area contributed by atoms with E-state index < -0.39 is 24.5 Å².